The van der Waals surface area contributed by atoms with Gasteiger partial charge < -0.3 is 15.5 Å². The molecule has 0 spiro atoms. The summed E-state index contributed by atoms with van der Waals surface area (Å²) in [7, 11) is 1.84. The molecule has 1 aliphatic rings. The van der Waals surface area contributed by atoms with Crippen LogP contribution in [0.4, 0.5) is 5.82 Å². The maximum Gasteiger partial charge on any atom is 0.191 e. The summed E-state index contributed by atoms with van der Waals surface area (Å²) >= 11 is 1.75. The number of guanidine groups is 1. The topological polar surface area (TPSA) is 52.6 Å². The van der Waals surface area contributed by atoms with E-state index in [2.05, 4.69) is 68.3 Å². The van der Waals surface area contributed by atoms with Crippen LogP contribution in [0.15, 0.2) is 40.1 Å². The van der Waals surface area contributed by atoms with E-state index in [4.69, 9.17) is 0 Å². The Bertz CT molecular complexity index is 688. The number of piperidine rings is 1. The molecular weight excluding hydrogens is 342 g/mol. The van der Waals surface area contributed by atoms with Gasteiger partial charge in [0.15, 0.2) is 5.96 Å². The van der Waals surface area contributed by atoms with Gasteiger partial charge in [0, 0.05) is 38.9 Å². The summed E-state index contributed by atoms with van der Waals surface area (Å²) in [6.07, 6.45) is 4.13. The van der Waals surface area contributed by atoms with Crippen molar-refractivity contribution in [2.24, 2.45) is 4.99 Å². The number of aromatic nitrogens is 1. The Morgan fingerprint density at radius 1 is 1.35 bits per heavy atom. The number of aryl methyl sites for hydroxylation is 1. The van der Waals surface area contributed by atoms with Gasteiger partial charge in [-0.05, 0) is 59.7 Å². The Morgan fingerprint density at radius 2 is 2.15 bits per heavy atom. The fraction of sp³-hybridized carbons (Fsp3) is 0.500. The first kappa shape index (κ1) is 18.7. The summed E-state index contributed by atoms with van der Waals surface area (Å²) in [5, 5.41) is 11.4. The molecule has 0 aromatic carbocycles. The molecular formula is C20H29N5S. The van der Waals surface area contributed by atoms with Crippen molar-refractivity contribution in [1.29, 1.82) is 0 Å². The van der Waals surface area contributed by atoms with Gasteiger partial charge in [0.2, 0.25) is 0 Å². The SMILES string of the molecule is CN=C(NCC(C)c1ccsc1)NC1CCN(c2ccc(C)cn2)CC1. The molecule has 3 rings (SSSR count). The van der Waals surface area contributed by atoms with Crippen LogP contribution in [0.5, 0.6) is 0 Å². The first-order valence-corrected chi connectivity index (χ1v) is 10.3. The zero-order valence-electron chi connectivity index (χ0n) is 15.9. The summed E-state index contributed by atoms with van der Waals surface area (Å²) in [5.74, 6) is 2.47. The Labute approximate surface area is 160 Å². The Kier molecular flexibility index (Phi) is 6.50. The highest BCUT2D eigenvalue weighted by molar-refractivity contribution is 7.07. The third-order valence-electron chi connectivity index (χ3n) is 4.97. The largest absolute Gasteiger partial charge is 0.356 e. The lowest BCUT2D eigenvalue weighted by molar-refractivity contribution is 0.459. The standard InChI is InChI=1S/C20H29N5S/c1-15-4-5-19(22-12-15)25-9-6-18(7-10-25)24-20(21-3)23-13-16(2)17-8-11-26-14-17/h4-5,8,11-12,14,16,18H,6-7,9-10,13H2,1-3H3,(H2,21,23,24). The van der Waals surface area contributed by atoms with Gasteiger partial charge in [-0.25, -0.2) is 4.98 Å². The molecule has 5 nitrogen and oxygen atoms in total. The van der Waals surface area contributed by atoms with Crippen LogP contribution < -0.4 is 15.5 Å². The lowest BCUT2D eigenvalue weighted by atomic mass is 10.0. The minimum absolute atomic E-state index is 0.458. The van der Waals surface area contributed by atoms with Crippen LogP contribution in [0.25, 0.3) is 0 Å². The molecule has 6 heteroatoms. The van der Waals surface area contributed by atoms with Crippen molar-refractivity contribution >= 4 is 23.1 Å². The molecule has 2 aromatic heterocycles. The van der Waals surface area contributed by atoms with Crippen molar-refractivity contribution in [3.63, 3.8) is 0 Å². The van der Waals surface area contributed by atoms with Crippen LogP contribution >= 0.6 is 11.3 Å². The second kappa shape index (κ2) is 9.03. The van der Waals surface area contributed by atoms with Crippen molar-refractivity contribution in [2.45, 2.75) is 38.6 Å². The van der Waals surface area contributed by atoms with Gasteiger partial charge in [-0.2, -0.15) is 11.3 Å². The van der Waals surface area contributed by atoms with Crippen molar-refractivity contribution < 1.29 is 0 Å². The second-order valence-electron chi connectivity index (χ2n) is 7.01. The van der Waals surface area contributed by atoms with Crippen LogP contribution in [0, 0.1) is 6.92 Å². The zero-order chi connectivity index (χ0) is 18.4. The summed E-state index contributed by atoms with van der Waals surface area (Å²) < 4.78 is 0. The normalized spacial score (nSPS) is 17.2. The molecule has 2 N–H and O–H groups in total. The number of thiophene rings is 1. The third kappa shape index (κ3) is 4.97. The molecule has 1 unspecified atom stereocenters. The van der Waals surface area contributed by atoms with Crippen LogP contribution in [0.2, 0.25) is 0 Å². The lowest BCUT2D eigenvalue weighted by Crippen LogP contribution is -2.49. The summed E-state index contributed by atoms with van der Waals surface area (Å²) in [5.41, 5.74) is 2.59. The van der Waals surface area contributed by atoms with E-state index in [0.717, 1.165) is 44.3 Å². The predicted octanol–water partition coefficient (Wildman–Crippen LogP) is 3.39. The molecule has 1 atom stereocenters. The Morgan fingerprint density at radius 3 is 2.77 bits per heavy atom. The highest BCUT2D eigenvalue weighted by atomic mass is 32.1. The van der Waals surface area contributed by atoms with E-state index in [9.17, 15) is 0 Å². The first-order valence-electron chi connectivity index (χ1n) is 9.32. The lowest BCUT2D eigenvalue weighted by Gasteiger charge is -2.34. The molecule has 1 fully saturated rings. The quantitative estimate of drug-likeness (QED) is 0.625. The van der Waals surface area contributed by atoms with Gasteiger partial charge in [-0.1, -0.05) is 13.0 Å². The van der Waals surface area contributed by atoms with E-state index in [0.29, 0.717) is 12.0 Å². The summed E-state index contributed by atoms with van der Waals surface area (Å²) in [6.45, 7) is 7.26. The molecule has 0 amide bonds. The van der Waals surface area contributed by atoms with Gasteiger partial charge in [0.1, 0.15) is 5.82 Å². The number of hydrogen-bond acceptors (Lipinski definition) is 4. The molecule has 3 heterocycles. The van der Waals surface area contributed by atoms with E-state index in [-0.39, 0.29) is 0 Å². The number of nitrogens with zero attached hydrogens (tertiary/aromatic N) is 3. The molecule has 0 saturated carbocycles. The number of pyridine rings is 1. The van der Waals surface area contributed by atoms with Gasteiger partial charge in [-0.15, -0.1) is 0 Å². The first-order chi connectivity index (χ1) is 12.7. The van der Waals surface area contributed by atoms with Crippen molar-refractivity contribution in [3.05, 3.63) is 46.3 Å². The smallest absolute Gasteiger partial charge is 0.191 e. The van der Waals surface area contributed by atoms with Gasteiger partial charge >= 0.3 is 0 Å². The van der Waals surface area contributed by atoms with Crippen molar-refractivity contribution in [3.8, 4) is 0 Å². The molecule has 0 bridgehead atoms. The van der Waals surface area contributed by atoms with Crippen LogP contribution in [0.1, 0.15) is 36.8 Å². The van der Waals surface area contributed by atoms with E-state index < -0.39 is 0 Å². The van der Waals surface area contributed by atoms with Crippen molar-refractivity contribution in [2.75, 3.05) is 31.6 Å². The van der Waals surface area contributed by atoms with E-state index in [1.54, 1.807) is 11.3 Å². The summed E-state index contributed by atoms with van der Waals surface area (Å²) in [4.78, 5) is 11.3. The van der Waals surface area contributed by atoms with Crippen LogP contribution in [0.3, 0.4) is 0 Å². The average molecular weight is 372 g/mol. The fourth-order valence-electron chi connectivity index (χ4n) is 3.21. The fourth-order valence-corrected chi connectivity index (χ4v) is 3.99. The van der Waals surface area contributed by atoms with Crippen molar-refractivity contribution in [1.82, 2.24) is 15.6 Å². The maximum absolute atomic E-state index is 4.55. The number of nitrogens with one attached hydrogen (secondary N) is 2. The molecule has 0 radical (unpaired) electrons. The maximum atomic E-state index is 4.55. The molecule has 1 saturated heterocycles. The number of hydrogen-bond donors (Lipinski definition) is 2. The number of rotatable bonds is 5. The predicted molar refractivity (Wildman–Crippen MR) is 111 cm³/mol. The zero-order valence-corrected chi connectivity index (χ0v) is 16.7. The number of anilines is 1. The van der Waals surface area contributed by atoms with Gasteiger partial charge in [0.25, 0.3) is 0 Å². The highest BCUT2D eigenvalue weighted by Crippen LogP contribution is 2.19. The van der Waals surface area contributed by atoms with E-state index >= 15 is 0 Å². The molecule has 1 aliphatic heterocycles. The second-order valence-corrected chi connectivity index (χ2v) is 7.79. The van der Waals surface area contributed by atoms with Crippen LogP contribution in [-0.2, 0) is 0 Å². The summed E-state index contributed by atoms with van der Waals surface area (Å²) in [6, 6.07) is 6.91. The van der Waals surface area contributed by atoms with E-state index in [1.807, 2.05) is 13.2 Å². The Hall–Kier alpha value is -2.08. The van der Waals surface area contributed by atoms with Gasteiger partial charge in [-0.3, -0.25) is 4.99 Å². The van der Waals surface area contributed by atoms with Gasteiger partial charge in [0.05, 0.1) is 0 Å². The van der Waals surface area contributed by atoms with E-state index in [1.165, 1.54) is 11.1 Å². The minimum Gasteiger partial charge on any atom is -0.356 e. The minimum atomic E-state index is 0.458. The third-order valence-corrected chi connectivity index (χ3v) is 5.67. The Balaban J connectivity index is 1.44. The molecule has 26 heavy (non-hydrogen) atoms. The molecule has 2 aromatic rings. The average Bonchev–Trinajstić information content (AvgIpc) is 3.21. The number of aliphatic imine (C=N–C) groups is 1. The monoisotopic (exact) mass is 371 g/mol. The molecule has 140 valence electrons. The highest BCUT2D eigenvalue weighted by Gasteiger charge is 2.21. The molecule has 0 aliphatic carbocycles. The van der Waals surface area contributed by atoms with Crippen LogP contribution in [-0.4, -0.2) is 43.7 Å².